The number of halogens is 2. The molecule has 1 unspecified atom stereocenters. The fourth-order valence-corrected chi connectivity index (χ4v) is 1.94. The Morgan fingerprint density at radius 2 is 2.08 bits per heavy atom. The third-order valence-corrected chi connectivity index (χ3v) is 2.94. The number of hydrogen-bond donors (Lipinski definition) is 1. The van der Waals surface area contributed by atoms with E-state index in [0.29, 0.717) is 6.04 Å². The molecule has 3 N–H and O–H groups in total. The van der Waals surface area contributed by atoms with Crippen LogP contribution in [0, 0.1) is 5.92 Å². The monoisotopic (exact) mass is 228 g/mol. The molecule has 0 aromatic carbocycles. The van der Waals surface area contributed by atoms with Crippen molar-refractivity contribution in [3.63, 3.8) is 0 Å². The molecule has 0 aromatic heterocycles. The van der Waals surface area contributed by atoms with Crippen molar-refractivity contribution < 1.29 is 0 Å². The second-order valence-electron chi connectivity index (χ2n) is 3.75. The first kappa shape index (κ1) is 15.9. The molecule has 1 atom stereocenters. The van der Waals surface area contributed by atoms with Gasteiger partial charge in [-0.25, -0.2) is 0 Å². The summed E-state index contributed by atoms with van der Waals surface area (Å²) < 4.78 is 0. The van der Waals surface area contributed by atoms with Crippen molar-refractivity contribution in [2.45, 2.75) is 32.7 Å². The predicted octanol–water partition coefficient (Wildman–Crippen LogP) is 2.93. The second-order valence-corrected chi connectivity index (χ2v) is 4.06. The first-order chi connectivity index (χ1) is 5.24. The van der Waals surface area contributed by atoms with Gasteiger partial charge in [0.15, 0.2) is 0 Å². The lowest BCUT2D eigenvalue weighted by atomic mass is 9.99. The van der Waals surface area contributed by atoms with Crippen LogP contribution in [0.2, 0.25) is 0 Å². The van der Waals surface area contributed by atoms with Crippen LogP contribution in [0.4, 0.5) is 0 Å². The van der Waals surface area contributed by atoms with Crippen molar-refractivity contribution in [3.05, 3.63) is 0 Å². The Hall–Kier alpha value is 0.500. The van der Waals surface area contributed by atoms with Gasteiger partial charge in [-0.3, -0.25) is 0 Å². The third-order valence-electron chi connectivity index (χ3n) is 2.50. The van der Waals surface area contributed by atoms with E-state index in [0.717, 1.165) is 11.8 Å². The average molecular weight is 229 g/mol. The molecule has 0 radical (unpaired) electrons. The zero-order chi connectivity index (χ0) is 8.27. The molecule has 4 heteroatoms. The summed E-state index contributed by atoms with van der Waals surface area (Å²) in [4.78, 5) is 2.52. The van der Waals surface area contributed by atoms with E-state index in [-0.39, 0.29) is 18.6 Å². The number of rotatable bonds is 2. The van der Waals surface area contributed by atoms with Crippen molar-refractivity contribution in [3.8, 4) is 0 Å². The van der Waals surface area contributed by atoms with Gasteiger partial charge in [0, 0.05) is 18.5 Å². The maximum Gasteiger partial charge on any atom is 0.0263 e. The lowest BCUT2D eigenvalue weighted by molar-refractivity contribution is 0.149. The van der Waals surface area contributed by atoms with Gasteiger partial charge in [0.25, 0.3) is 0 Å². The van der Waals surface area contributed by atoms with Gasteiger partial charge in [-0.2, -0.15) is 0 Å². The highest BCUT2D eigenvalue weighted by molar-refractivity contribution is 6.18. The van der Waals surface area contributed by atoms with E-state index in [1.54, 1.807) is 0 Å². The summed E-state index contributed by atoms with van der Waals surface area (Å²) in [6, 6.07) is 0.695. The zero-order valence-electron chi connectivity index (χ0n) is 8.63. The Labute approximate surface area is 93.0 Å². The molecular weight excluding hydrogens is 207 g/mol. The highest BCUT2D eigenvalue weighted by atomic mass is 35.5. The molecule has 0 bridgehead atoms. The molecule has 1 fully saturated rings. The Kier molecular flexibility index (Phi) is 9.65. The molecular formula is C9H22Cl2N2. The summed E-state index contributed by atoms with van der Waals surface area (Å²) in [6.07, 6.45) is 2.66. The van der Waals surface area contributed by atoms with Crippen molar-refractivity contribution in [2.75, 3.05) is 19.0 Å². The molecule has 0 aliphatic carbocycles. The van der Waals surface area contributed by atoms with Crippen molar-refractivity contribution in [1.82, 2.24) is 11.1 Å². The molecule has 0 aromatic rings. The number of alkyl halides is 1. The van der Waals surface area contributed by atoms with Crippen molar-refractivity contribution >= 4 is 24.0 Å². The minimum Gasteiger partial charge on any atom is -0.344 e. The van der Waals surface area contributed by atoms with E-state index in [2.05, 4.69) is 18.7 Å². The Bertz CT molecular complexity index is 120. The molecule has 1 heterocycles. The SMILES string of the molecule is CC(C)N1CCCC(CCl)C1.Cl.N. The van der Waals surface area contributed by atoms with Crippen LogP contribution in [0.3, 0.4) is 0 Å². The summed E-state index contributed by atoms with van der Waals surface area (Å²) in [7, 11) is 0. The van der Waals surface area contributed by atoms with Crippen LogP contribution in [-0.2, 0) is 0 Å². The molecule has 0 amide bonds. The van der Waals surface area contributed by atoms with Gasteiger partial charge in [0.2, 0.25) is 0 Å². The summed E-state index contributed by atoms with van der Waals surface area (Å²) in [6.45, 7) is 7.00. The van der Waals surface area contributed by atoms with Crippen LogP contribution in [0.1, 0.15) is 26.7 Å². The lowest BCUT2D eigenvalue weighted by Crippen LogP contribution is -2.40. The first-order valence-electron chi connectivity index (χ1n) is 4.54. The molecule has 13 heavy (non-hydrogen) atoms. The van der Waals surface area contributed by atoms with Gasteiger partial charge >= 0.3 is 0 Å². The van der Waals surface area contributed by atoms with E-state index < -0.39 is 0 Å². The number of nitrogens with zero attached hydrogens (tertiary/aromatic N) is 1. The van der Waals surface area contributed by atoms with Crippen LogP contribution in [0.5, 0.6) is 0 Å². The van der Waals surface area contributed by atoms with Gasteiger partial charge in [-0.05, 0) is 39.2 Å². The third kappa shape index (κ3) is 5.06. The quantitative estimate of drug-likeness (QED) is 0.739. The molecule has 1 saturated heterocycles. The Morgan fingerprint density at radius 3 is 2.54 bits per heavy atom. The number of likely N-dealkylation sites (tertiary alicyclic amines) is 1. The van der Waals surface area contributed by atoms with Gasteiger partial charge in [-0.1, -0.05) is 0 Å². The standard InChI is InChI=1S/C9H18ClN.ClH.H3N/c1-8(2)11-5-3-4-9(6-10)7-11;;/h8-9H,3-7H2,1-2H3;1H;1H3. The molecule has 0 saturated carbocycles. The summed E-state index contributed by atoms with van der Waals surface area (Å²) in [5.41, 5.74) is 0. The van der Waals surface area contributed by atoms with Gasteiger partial charge in [0.1, 0.15) is 0 Å². The van der Waals surface area contributed by atoms with Crippen LogP contribution >= 0.6 is 24.0 Å². The van der Waals surface area contributed by atoms with E-state index in [1.807, 2.05) is 0 Å². The molecule has 1 aliphatic heterocycles. The molecule has 1 aliphatic rings. The van der Waals surface area contributed by atoms with Crippen LogP contribution < -0.4 is 6.15 Å². The van der Waals surface area contributed by atoms with E-state index in [9.17, 15) is 0 Å². The number of piperidine rings is 1. The van der Waals surface area contributed by atoms with E-state index in [4.69, 9.17) is 11.6 Å². The fraction of sp³-hybridized carbons (Fsp3) is 1.00. The Balaban J connectivity index is 0. The predicted molar refractivity (Wildman–Crippen MR) is 62.4 cm³/mol. The average Bonchev–Trinajstić information content (AvgIpc) is 2.05. The largest absolute Gasteiger partial charge is 0.344 e. The van der Waals surface area contributed by atoms with Crippen LogP contribution in [-0.4, -0.2) is 29.9 Å². The lowest BCUT2D eigenvalue weighted by Gasteiger charge is -2.34. The van der Waals surface area contributed by atoms with Gasteiger partial charge in [0.05, 0.1) is 0 Å². The molecule has 1 rings (SSSR count). The van der Waals surface area contributed by atoms with E-state index >= 15 is 0 Å². The van der Waals surface area contributed by atoms with Crippen molar-refractivity contribution in [1.29, 1.82) is 0 Å². The smallest absolute Gasteiger partial charge is 0.0263 e. The Morgan fingerprint density at radius 1 is 1.46 bits per heavy atom. The fourth-order valence-electron chi connectivity index (χ4n) is 1.69. The normalized spacial score (nSPS) is 23.5. The summed E-state index contributed by atoms with van der Waals surface area (Å²) >= 11 is 5.82. The molecule has 2 nitrogen and oxygen atoms in total. The first-order valence-corrected chi connectivity index (χ1v) is 5.07. The highest BCUT2D eigenvalue weighted by Gasteiger charge is 2.20. The molecule has 82 valence electrons. The number of hydrogen-bond acceptors (Lipinski definition) is 2. The second kappa shape index (κ2) is 7.86. The summed E-state index contributed by atoms with van der Waals surface area (Å²) in [5.74, 6) is 1.58. The highest BCUT2D eigenvalue weighted by Crippen LogP contribution is 2.18. The maximum atomic E-state index is 5.82. The van der Waals surface area contributed by atoms with Crippen molar-refractivity contribution in [2.24, 2.45) is 5.92 Å². The maximum absolute atomic E-state index is 5.82. The van der Waals surface area contributed by atoms with Crippen LogP contribution in [0.15, 0.2) is 0 Å². The van der Waals surface area contributed by atoms with Crippen LogP contribution in [0.25, 0.3) is 0 Å². The molecule has 0 spiro atoms. The summed E-state index contributed by atoms with van der Waals surface area (Å²) in [5, 5.41) is 0. The van der Waals surface area contributed by atoms with E-state index in [1.165, 1.54) is 25.9 Å². The van der Waals surface area contributed by atoms with Gasteiger partial charge < -0.3 is 11.1 Å². The minimum atomic E-state index is 0. The zero-order valence-corrected chi connectivity index (χ0v) is 10.2. The topological polar surface area (TPSA) is 38.2 Å². The van der Waals surface area contributed by atoms with Gasteiger partial charge in [-0.15, -0.1) is 24.0 Å². The minimum absolute atomic E-state index is 0.